The molecule has 0 aliphatic carbocycles. The molecule has 1 fully saturated rings. The molecule has 0 saturated carbocycles. The summed E-state index contributed by atoms with van der Waals surface area (Å²) in [6.07, 6.45) is 3.15. The van der Waals surface area contributed by atoms with E-state index >= 15 is 0 Å². The minimum absolute atomic E-state index is 0.0245. The van der Waals surface area contributed by atoms with Crippen LogP contribution in [0.4, 0.5) is 5.13 Å². The Morgan fingerprint density at radius 1 is 1.40 bits per heavy atom. The van der Waals surface area contributed by atoms with Crippen LogP contribution < -0.4 is 20.9 Å². The molecule has 2 aromatic heterocycles. The Kier molecular flexibility index (Phi) is 7.28. The summed E-state index contributed by atoms with van der Waals surface area (Å²) in [4.78, 5) is 48.4. The largest absolute Gasteiger partial charge is 0.477 e. The first-order valence-electron chi connectivity index (χ1n) is 10.5. The van der Waals surface area contributed by atoms with E-state index in [1.165, 1.54) is 16.7 Å². The monoisotopic (exact) mass is 519 g/mol. The summed E-state index contributed by atoms with van der Waals surface area (Å²) in [5.74, 6) is -2.18. The van der Waals surface area contributed by atoms with Crippen LogP contribution in [0.5, 0.6) is 0 Å². The third-order valence-electron chi connectivity index (χ3n) is 5.28. The van der Waals surface area contributed by atoms with E-state index in [2.05, 4.69) is 25.1 Å². The lowest BCUT2D eigenvalue weighted by Gasteiger charge is -2.49. The van der Waals surface area contributed by atoms with Crippen molar-refractivity contribution in [3.05, 3.63) is 47.7 Å². The van der Waals surface area contributed by atoms with E-state index in [0.717, 1.165) is 11.5 Å². The SMILES string of the molecule is CCON=C(C(=O)NC1C(=O)N2C(C(=O)O)=C(C(NC)[n+]3ccccc3)CS[C@@H]12)c1nsc(N)n1. The Morgan fingerprint density at radius 2 is 2.14 bits per heavy atom. The molecular weight excluding hydrogens is 496 g/mol. The number of β-lactam (4-membered cyclic amide) rings is 1. The highest BCUT2D eigenvalue weighted by molar-refractivity contribution is 8.00. The van der Waals surface area contributed by atoms with Gasteiger partial charge in [-0.25, -0.2) is 4.79 Å². The Morgan fingerprint density at radius 3 is 2.74 bits per heavy atom. The van der Waals surface area contributed by atoms with Crippen molar-refractivity contribution in [3.63, 3.8) is 0 Å². The van der Waals surface area contributed by atoms with Gasteiger partial charge in [0, 0.05) is 29.4 Å². The maximum absolute atomic E-state index is 13.1. The zero-order valence-corrected chi connectivity index (χ0v) is 20.4. The minimum atomic E-state index is -1.22. The first-order chi connectivity index (χ1) is 16.9. The van der Waals surface area contributed by atoms with E-state index in [9.17, 15) is 19.5 Å². The molecule has 2 aliphatic rings. The fourth-order valence-corrected chi connectivity index (χ4v) is 5.61. The number of anilines is 1. The third kappa shape index (κ3) is 4.69. The van der Waals surface area contributed by atoms with E-state index < -0.39 is 35.4 Å². The molecule has 4 heterocycles. The van der Waals surface area contributed by atoms with Crippen molar-refractivity contribution in [1.82, 2.24) is 24.9 Å². The second kappa shape index (κ2) is 10.4. The quantitative estimate of drug-likeness (QED) is 0.143. The highest BCUT2D eigenvalue weighted by atomic mass is 32.2. The van der Waals surface area contributed by atoms with Crippen LogP contribution in [-0.2, 0) is 19.2 Å². The van der Waals surface area contributed by atoms with Gasteiger partial charge in [-0.3, -0.25) is 19.8 Å². The number of fused-ring (bicyclic) bond motifs is 1. The molecule has 2 aromatic rings. The number of carbonyl (C=O) groups is 3. The van der Waals surface area contributed by atoms with Crippen LogP contribution in [0.2, 0.25) is 0 Å². The summed E-state index contributed by atoms with van der Waals surface area (Å²) in [6, 6.07) is 4.56. The van der Waals surface area contributed by atoms with Gasteiger partial charge in [0.05, 0.1) is 5.57 Å². The number of carboxylic acid groups (broad SMARTS) is 1. The van der Waals surface area contributed by atoms with Crippen LogP contribution in [-0.4, -0.2) is 73.7 Å². The molecule has 184 valence electrons. The number of oxime groups is 1. The molecule has 2 aliphatic heterocycles. The normalized spacial score (nSPS) is 20.7. The Balaban J connectivity index is 1.58. The van der Waals surface area contributed by atoms with Gasteiger partial charge >= 0.3 is 5.97 Å². The number of nitrogen functional groups attached to an aromatic ring is 1. The molecule has 1 saturated heterocycles. The predicted octanol–water partition coefficient (Wildman–Crippen LogP) is -0.695. The van der Waals surface area contributed by atoms with Gasteiger partial charge in [0.15, 0.2) is 17.5 Å². The average molecular weight is 520 g/mol. The number of carbonyl (C=O) groups excluding carboxylic acids is 2. The Bertz CT molecular complexity index is 1200. The fraction of sp³-hybridized carbons (Fsp3) is 0.350. The van der Waals surface area contributed by atoms with Gasteiger partial charge in [-0.1, -0.05) is 11.2 Å². The fourth-order valence-electron chi connectivity index (χ4n) is 3.79. The number of nitrogens with zero attached hydrogens (tertiary/aromatic N) is 5. The topological polar surface area (TPSA) is 176 Å². The van der Waals surface area contributed by atoms with E-state index in [0.29, 0.717) is 11.3 Å². The number of nitrogens with two attached hydrogens (primary N) is 1. The molecular formula is C20H23N8O5S2+. The lowest BCUT2D eigenvalue weighted by atomic mass is 10.0. The van der Waals surface area contributed by atoms with Crippen molar-refractivity contribution in [1.29, 1.82) is 0 Å². The lowest BCUT2D eigenvalue weighted by Crippen LogP contribution is -2.71. The summed E-state index contributed by atoms with van der Waals surface area (Å²) >= 11 is 2.25. The molecule has 0 radical (unpaired) electrons. The lowest BCUT2D eigenvalue weighted by molar-refractivity contribution is -0.719. The molecule has 13 nitrogen and oxygen atoms in total. The van der Waals surface area contributed by atoms with Crippen molar-refractivity contribution in [2.45, 2.75) is 24.5 Å². The zero-order valence-electron chi connectivity index (χ0n) is 18.7. The van der Waals surface area contributed by atoms with Gasteiger partial charge in [0.1, 0.15) is 23.7 Å². The van der Waals surface area contributed by atoms with E-state index in [1.54, 1.807) is 14.0 Å². The second-order valence-electron chi connectivity index (χ2n) is 7.37. The van der Waals surface area contributed by atoms with Crippen LogP contribution in [0, 0.1) is 0 Å². The van der Waals surface area contributed by atoms with Crippen molar-refractivity contribution in [2.75, 3.05) is 25.1 Å². The van der Waals surface area contributed by atoms with Crippen LogP contribution >= 0.6 is 23.3 Å². The first-order valence-corrected chi connectivity index (χ1v) is 12.3. The number of aromatic nitrogens is 3. The zero-order chi connectivity index (χ0) is 25.1. The van der Waals surface area contributed by atoms with Crippen molar-refractivity contribution >= 4 is 51.9 Å². The maximum Gasteiger partial charge on any atom is 0.352 e. The summed E-state index contributed by atoms with van der Waals surface area (Å²) in [5, 5.41) is 19.0. The number of pyridine rings is 1. The maximum atomic E-state index is 13.1. The minimum Gasteiger partial charge on any atom is -0.477 e. The average Bonchev–Trinajstić information content (AvgIpc) is 3.29. The van der Waals surface area contributed by atoms with Gasteiger partial charge in [-0.2, -0.15) is 13.9 Å². The number of amides is 2. The van der Waals surface area contributed by atoms with Crippen molar-refractivity contribution < 1.29 is 28.9 Å². The summed E-state index contributed by atoms with van der Waals surface area (Å²) in [5.41, 5.74) is 5.83. The molecule has 5 N–H and O–H groups in total. The molecule has 2 unspecified atom stereocenters. The van der Waals surface area contributed by atoms with Gasteiger partial charge < -0.3 is 21.0 Å². The molecule has 0 bridgehead atoms. The highest BCUT2D eigenvalue weighted by Gasteiger charge is 2.55. The number of rotatable bonds is 9. The second-order valence-corrected chi connectivity index (χ2v) is 9.26. The van der Waals surface area contributed by atoms with Crippen LogP contribution in [0.25, 0.3) is 0 Å². The van der Waals surface area contributed by atoms with E-state index in [1.807, 2.05) is 35.2 Å². The predicted molar refractivity (Wildman–Crippen MR) is 127 cm³/mol. The number of nitrogens with one attached hydrogen (secondary N) is 2. The van der Waals surface area contributed by atoms with Gasteiger partial charge in [-0.05, 0) is 14.0 Å². The number of aliphatic carboxylic acids is 1. The molecule has 4 rings (SSSR count). The van der Waals surface area contributed by atoms with Crippen LogP contribution in [0.15, 0.2) is 47.0 Å². The molecule has 0 spiro atoms. The van der Waals surface area contributed by atoms with E-state index in [-0.39, 0.29) is 29.0 Å². The smallest absolute Gasteiger partial charge is 0.352 e. The summed E-state index contributed by atoms with van der Waals surface area (Å²) in [6.45, 7) is 1.89. The van der Waals surface area contributed by atoms with Crippen molar-refractivity contribution in [3.8, 4) is 0 Å². The molecule has 2 amide bonds. The highest BCUT2D eigenvalue weighted by Crippen LogP contribution is 2.42. The van der Waals surface area contributed by atoms with Crippen LogP contribution in [0.1, 0.15) is 18.9 Å². The summed E-state index contributed by atoms with van der Waals surface area (Å²) in [7, 11) is 1.72. The number of hydrogen-bond acceptors (Lipinski definition) is 11. The number of carboxylic acids is 1. The number of likely N-dealkylation sites (N-methyl/N-ethyl adjacent to an activating group) is 1. The van der Waals surface area contributed by atoms with Gasteiger partial charge in [-0.15, -0.1) is 11.8 Å². The standard InChI is InChI=1S/C20H22N8O5S2/c1-3-33-25-11(14-24-20(21)35-26-14)16(29)23-12-17(30)28-13(19(31)32)10(9-34-18(12)28)15(22-2)27-7-5-4-6-8-27/h4-8,12,15,18,22H,3,9H2,1-2H3,(H3-,21,23,24,26,29,31,32)/p+1/t12?,15?,18-/m0/s1. The summed E-state index contributed by atoms with van der Waals surface area (Å²) < 4.78 is 5.81. The molecule has 15 heteroatoms. The van der Waals surface area contributed by atoms with Crippen molar-refractivity contribution in [2.24, 2.45) is 5.16 Å². The molecule has 35 heavy (non-hydrogen) atoms. The number of hydrogen-bond donors (Lipinski definition) is 4. The van der Waals surface area contributed by atoms with Gasteiger partial charge in [0.25, 0.3) is 11.8 Å². The first kappa shape index (κ1) is 24.6. The van der Waals surface area contributed by atoms with Crippen LogP contribution in [0.3, 0.4) is 0 Å². The molecule has 0 aromatic carbocycles. The third-order valence-corrected chi connectivity index (χ3v) is 7.13. The van der Waals surface area contributed by atoms with Gasteiger partial charge in [0.2, 0.25) is 17.7 Å². The van der Waals surface area contributed by atoms with E-state index in [4.69, 9.17) is 10.6 Å². The molecule has 3 atom stereocenters. The number of thioether (sulfide) groups is 1. The Labute approximate surface area is 208 Å². The Hall–Kier alpha value is -3.56.